The van der Waals surface area contributed by atoms with Gasteiger partial charge in [0.25, 0.3) is 0 Å². The van der Waals surface area contributed by atoms with Crippen molar-refractivity contribution in [1.82, 2.24) is 10.2 Å². The van der Waals surface area contributed by atoms with E-state index in [0.29, 0.717) is 11.9 Å². The molecule has 0 atom stereocenters. The van der Waals surface area contributed by atoms with Gasteiger partial charge in [-0.1, -0.05) is 32.1 Å². The molecule has 0 radical (unpaired) electrons. The number of rotatable bonds is 2. The van der Waals surface area contributed by atoms with Gasteiger partial charge in [-0.15, -0.1) is 0 Å². The minimum Gasteiger partial charge on any atom is -0.353 e. The van der Waals surface area contributed by atoms with Crippen LogP contribution in [0.2, 0.25) is 0 Å². The van der Waals surface area contributed by atoms with E-state index in [1.807, 2.05) is 0 Å². The van der Waals surface area contributed by atoms with Crippen LogP contribution in [0.25, 0.3) is 0 Å². The highest BCUT2D eigenvalue weighted by Crippen LogP contribution is 2.20. The maximum absolute atomic E-state index is 12.2. The summed E-state index contributed by atoms with van der Waals surface area (Å²) in [7, 11) is 2.14. The van der Waals surface area contributed by atoms with E-state index < -0.39 is 0 Å². The van der Waals surface area contributed by atoms with Gasteiger partial charge in [0.2, 0.25) is 5.91 Å². The first kappa shape index (κ1) is 13.9. The molecule has 0 aromatic rings. The van der Waals surface area contributed by atoms with Gasteiger partial charge in [0.05, 0.1) is 0 Å². The van der Waals surface area contributed by atoms with Gasteiger partial charge in [-0.05, 0) is 45.8 Å². The van der Waals surface area contributed by atoms with Crippen molar-refractivity contribution in [3.63, 3.8) is 0 Å². The number of likely N-dealkylation sites (tertiary alicyclic amines) is 1. The predicted molar refractivity (Wildman–Crippen MR) is 74.5 cm³/mol. The molecule has 1 N–H and O–H groups in total. The lowest BCUT2D eigenvalue weighted by molar-refractivity contribution is -0.127. The summed E-state index contributed by atoms with van der Waals surface area (Å²) in [5.74, 6) is 0.598. The van der Waals surface area contributed by atoms with Crippen LogP contribution < -0.4 is 5.32 Å². The first-order valence-corrected chi connectivity index (χ1v) is 7.74. The monoisotopic (exact) mass is 252 g/mol. The fraction of sp³-hybridized carbons (Fsp3) is 0.933. The third-order valence-electron chi connectivity index (χ3n) is 4.54. The smallest absolute Gasteiger partial charge is 0.223 e. The Kier molecular flexibility index (Phi) is 5.48. The largest absolute Gasteiger partial charge is 0.353 e. The maximum Gasteiger partial charge on any atom is 0.223 e. The number of carbonyl (C=O) groups is 1. The second kappa shape index (κ2) is 7.13. The maximum atomic E-state index is 12.2. The molecular formula is C15H28N2O. The topological polar surface area (TPSA) is 32.3 Å². The molecule has 3 heteroatoms. The molecule has 1 aliphatic carbocycles. The second-order valence-corrected chi connectivity index (χ2v) is 6.13. The SMILES string of the molecule is CN1CCC(C(=O)NC2CCCCCCC2)CC1. The molecule has 1 saturated heterocycles. The quantitative estimate of drug-likeness (QED) is 0.819. The summed E-state index contributed by atoms with van der Waals surface area (Å²) in [4.78, 5) is 14.6. The average Bonchev–Trinajstić information content (AvgIpc) is 2.33. The highest BCUT2D eigenvalue weighted by Gasteiger charge is 2.25. The molecule has 0 spiro atoms. The third kappa shape index (κ3) is 4.27. The zero-order chi connectivity index (χ0) is 12.8. The van der Waals surface area contributed by atoms with E-state index in [1.165, 1.54) is 44.9 Å². The number of carbonyl (C=O) groups excluding carboxylic acids is 1. The predicted octanol–water partition coefficient (Wildman–Crippen LogP) is 2.56. The van der Waals surface area contributed by atoms with Crippen LogP contribution in [-0.4, -0.2) is 37.0 Å². The van der Waals surface area contributed by atoms with Gasteiger partial charge < -0.3 is 10.2 Å². The Balaban J connectivity index is 1.75. The summed E-state index contributed by atoms with van der Waals surface area (Å²) in [5.41, 5.74) is 0. The van der Waals surface area contributed by atoms with Gasteiger partial charge in [-0.2, -0.15) is 0 Å². The highest BCUT2D eigenvalue weighted by atomic mass is 16.1. The summed E-state index contributed by atoms with van der Waals surface area (Å²) >= 11 is 0. The molecule has 1 saturated carbocycles. The minimum absolute atomic E-state index is 0.270. The van der Waals surface area contributed by atoms with Gasteiger partial charge in [-0.25, -0.2) is 0 Å². The number of hydrogen-bond donors (Lipinski definition) is 1. The number of nitrogens with zero attached hydrogens (tertiary/aromatic N) is 1. The summed E-state index contributed by atoms with van der Waals surface area (Å²) in [6, 6.07) is 0.456. The van der Waals surface area contributed by atoms with Crippen molar-refractivity contribution in [2.24, 2.45) is 5.92 Å². The zero-order valence-electron chi connectivity index (χ0n) is 11.8. The normalized spacial score (nSPS) is 25.4. The van der Waals surface area contributed by atoms with Gasteiger partial charge in [0, 0.05) is 12.0 Å². The summed E-state index contributed by atoms with van der Waals surface area (Å²) in [6.45, 7) is 2.14. The summed E-state index contributed by atoms with van der Waals surface area (Å²) < 4.78 is 0. The molecule has 2 rings (SSSR count). The van der Waals surface area contributed by atoms with Gasteiger partial charge in [-0.3, -0.25) is 4.79 Å². The van der Waals surface area contributed by atoms with Crippen molar-refractivity contribution >= 4 is 5.91 Å². The standard InChI is InChI=1S/C15H28N2O/c1-17-11-9-13(10-12-17)15(18)16-14-7-5-3-2-4-6-8-14/h13-14H,2-12H2,1H3,(H,16,18). The second-order valence-electron chi connectivity index (χ2n) is 6.13. The number of nitrogens with one attached hydrogen (secondary N) is 1. The third-order valence-corrected chi connectivity index (χ3v) is 4.54. The van der Waals surface area contributed by atoms with Crippen molar-refractivity contribution in [3.8, 4) is 0 Å². The van der Waals surface area contributed by atoms with Crippen LogP contribution >= 0.6 is 0 Å². The van der Waals surface area contributed by atoms with Crippen LogP contribution in [-0.2, 0) is 4.79 Å². The van der Waals surface area contributed by atoms with E-state index in [1.54, 1.807) is 0 Å². The Hall–Kier alpha value is -0.570. The molecule has 1 heterocycles. The molecule has 1 aliphatic heterocycles. The van der Waals surface area contributed by atoms with E-state index in [2.05, 4.69) is 17.3 Å². The average molecular weight is 252 g/mol. The van der Waals surface area contributed by atoms with Gasteiger partial charge in [0.1, 0.15) is 0 Å². The van der Waals surface area contributed by atoms with Gasteiger partial charge in [0.15, 0.2) is 0 Å². The van der Waals surface area contributed by atoms with Crippen LogP contribution in [0.1, 0.15) is 57.8 Å². The van der Waals surface area contributed by atoms with Crippen LogP contribution in [0.4, 0.5) is 0 Å². The summed E-state index contributed by atoms with van der Waals surface area (Å²) in [6.07, 6.45) is 11.1. The van der Waals surface area contributed by atoms with E-state index in [9.17, 15) is 4.79 Å². The molecule has 0 bridgehead atoms. The van der Waals surface area contributed by atoms with E-state index in [4.69, 9.17) is 0 Å². The molecule has 2 aliphatic rings. The Bertz CT molecular complexity index is 251. The van der Waals surface area contributed by atoms with Crippen molar-refractivity contribution in [2.75, 3.05) is 20.1 Å². The number of amides is 1. The lowest BCUT2D eigenvalue weighted by Crippen LogP contribution is -2.43. The first-order chi connectivity index (χ1) is 8.75. The Morgan fingerprint density at radius 2 is 1.50 bits per heavy atom. The molecule has 1 amide bonds. The molecule has 18 heavy (non-hydrogen) atoms. The van der Waals surface area contributed by atoms with Crippen LogP contribution in [0.3, 0.4) is 0 Å². The van der Waals surface area contributed by atoms with Crippen LogP contribution in [0, 0.1) is 5.92 Å². The van der Waals surface area contributed by atoms with Crippen LogP contribution in [0.15, 0.2) is 0 Å². The molecule has 0 unspecified atom stereocenters. The fourth-order valence-corrected chi connectivity index (χ4v) is 3.19. The Labute approximate surface area is 111 Å². The highest BCUT2D eigenvalue weighted by molar-refractivity contribution is 5.79. The number of piperidine rings is 1. The Morgan fingerprint density at radius 1 is 0.944 bits per heavy atom. The molecule has 3 nitrogen and oxygen atoms in total. The Morgan fingerprint density at radius 3 is 2.11 bits per heavy atom. The van der Waals surface area contributed by atoms with Crippen molar-refractivity contribution in [3.05, 3.63) is 0 Å². The molecule has 104 valence electrons. The fourth-order valence-electron chi connectivity index (χ4n) is 3.19. The molecule has 2 fully saturated rings. The van der Waals surface area contributed by atoms with E-state index >= 15 is 0 Å². The van der Waals surface area contributed by atoms with Gasteiger partial charge >= 0.3 is 0 Å². The van der Waals surface area contributed by atoms with Crippen molar-refractivity contribution < 1.29 is 4.79 Å². The summed E-state index contributed by atoms with van der Waals surface area (Å²) in [5, 5.41) is 3.31. The molecule has 0 aromatic carbocycles. The van der Waals surface area contributed by atoms with E-state index in [0.717, 1.165) is 25.9 Å². The first-order valence-electron chi connectivity index (χ1n) is 7.74. The minimum atomic E-state index is 0.270. The number of hydrogen-bond acceptors (Lipinski definition) is 2. The van der Waals surface area contributed by atoms with Crippen molar-refractivity contribution in [2.45, 2.75) is 63.8 Å². The van der Waals surface area contributed by atoms with E-state index in [-0.39, 0.29) is 5.92 Å². The molecule has 0 aromatic heterocycles. The zero-order valence-corrected chi connectivity index (χ0v) is 11.8. The van der Waals surface area contributed by atoms with Crippen molar-refractivity contribution in [1.29, 1.82) is 0 Å². The van der Waals surface area contributed by atoms with Crippen LogP contribution in [0.5, 0.6) is 0 Å². The lowest BCUT2D eigenvalue weighted by Gasteiger charge is -2.30. The molecular weight excluding hydrogens is 224 g/mol. The lowest BCUT2D eigenvalue weighted by atomic mass is 9.93.